The third kappa shape index (κ3) is 5.39. The van der Waals surface area contributed by atoms with Crippen LogP contribution in [0, 0.1) is 17.7 Å². The van der Waals surface area contributed by atoms with Crippen molar-refractivity contribution in [2.75, 3.05) is 33.4 Å². The maximum absolute atomic E-state index is 13.3. The normalized spacial score (nSPS) is 10.4. The molecule has 0 spiro atoms. The van der Waals surface area contributed by atoms with Crippen molar-refractivity contribution in [1.29, 1.82) is 0 Å². The van der Waals surface area contributed by atoms with Gasteiger partial charge in [0, 0.05) is 25.8 Å². The van der Waals surface area contributed by atoms with Crippen molar-refractivity contribution in [1.82, 2.24) is 4.90 Å². The fourth-order valence-electron chi connectivity index (χ4n) is 1.76. The number of hydrogen-bond donors (Lipinski definition) is 1. The summed E-state index contributed by atoms with van der Waals surface area (Å²) >= 11 is 0. The molecule has 0 radical (unpaired) electrons. The summed E-state index contributed by atoms with van der Waals surface area (Å²) in [4.78, 5) is 2.23. The molecular weight excluding hydrogens is 243 g/mol. The van der Waals surface area contributed by atoms with Gasteiger partial charge in [0.25, 0.3) is 0 Å². The molecule has 19 heavy (non-hydrogen) atoms. The van der Waals surface area contributed by atoms with E-state index in [0.29, 0.717) is 12.2 Å². The lowest BCUT2D eigenvalue weighted by Crippen LogP contribution is -2.27. The summed E-state index contributed by atoms with van der Waals surface area (Å²) in [6, 6.07) is 4.71. The summed E-state index contributed by atoms with van der Waals surface area (Å²) in [7, 11) is 1.68. The first-order valence-corrected chi connectivity index (χ1v) is 6.40. The van der Waals surface area contributed by atoms with Gasteiger partial charge in [-0.2, -0.15) is 0 Å². The zero-order chi connectivity index (χ0) is 14.1. The number of halogens is 1. The molecule has 0 heterocycles. The Labute approximate surface area is 114 Å². The third-order valence-electron chi connectivity index (χ3n) is 2.85. The quantitative estimate of drug-likeness (QED) is 0.793. The van der Waals surface area contributed by atoms with Crippen LogP contribution in [0.5, 0.6) is 0 Å². The molecule has 0 fully saturated rings. The molecule has 0 saturated carbocycles. The van der Waals surface area contributed by atoms with Crippen molar-refractivity contribution in [3.63, 3.8) is 0 Å². The number of nitrogens with two attached hydrogens (primary N) is 1. The molecule has 0 saturated heterocycles. The molecule has 0 amide bonds. The Kier molecular flexibility index (Phi) is 7.12. The van der Waals surface area contributed by atoms with Crippen LogP contribution in [0.15, 0.2) is 18.2 Å². The Morgan fingerprint density at radius 3 is 2.84 bits per heavy atom. The van der Waals surface area contributed by atoms with Crippen LogP contribution in [0.3, 0.4) is 0 Å². The van der Waals surface area contributed by atoms with Crippen LogP contribution >= 0.6 is 0 Å². The van der Waals surface area contributed by atoms with E-state index in [1.807, 2.05) is 0 Å². The molecule has 0 aliphatic carbocycles. The highest BCUT2D eigenvalue weighted by molar-refractivity contribution is 5.41. The molecule has 1 rings (SSSR count). The van der Waals surface area contributed by atoms with Gasteiger partial charge in [-0.3, -0.25) is 4.90 Å². The van der Waals surface area contributed by atoms with Gasteiger partial charge in [0.05, 0.1) is 13.2 Å². The van der Waals surface area contributed by atoms with Gasteiger partial charge in [0.2, 0.25) is 0 Å². The molecule has 2 N–H and O–H groups in total. The van der Waals surface area contributed by atoms with Crippen molar-refractivity contribution in [3.8, 4) is 11.8 Å². The lowest BCUT2D eigenvalue weighted by molar-refractivity contribution is 0.147. The first-order chi connectivity index (χ1) is 9.21. The van der Waals surface area contributed by atoms with Gasteiger partial charge in [-0.1, -0.05) is 24.8 Å². The van der Waals surface area contributed by atoms with Gasteiger partial charge in [-0.05, 0) is 24.2 Å². The van der Waals surface area contributed by atoms with E-state index in [0.717, 1.165) is 25.2 Å². The molecule has 4 heteroatoms. The third-order valence-corrected chi connectivity index (χ3v) is 2.85. The summed E-state index contributed by atoms with van der Waals surface area (Å²) in [5.74, 6) is 5.43. The second kappa shape index (κ2) is 8.65. The van der Waals surface area contributed by atoms with Crippen LogP contribution in [-0.2, 0) is 11.3 Å². The number of benzene rings is 1. The number of rotatable bonds is 6. The second-order valence-electron chi connectivity index (χ2n) is 4.17. The first kappa shape index (κ1) is 15.6. The molecule has 3 nitrogen and oxygen atoms in total. The highest BCUT2D eigenvalue weighted by Gasteiger charge is 2.07. The number of hydrogen-bond acceptors (Lipinski definition) is 3. The van der Waals surface area contributed by atoms with Crippen molar-refractivity contribution in [3.05, 3.63) is 35.1 Å². The molecule has 0 unspecified atom stereocenters. The average molecular weight is 264 g/mol. The van der Waals surface area contributed by atoms with Crippen molar-refractivity contribution < 1.29 is 9.13 Å². The van der Waals surface area contributed by atoms with E-state index in [1.54, 1.807) is 13.2 Å². The minimum absolute atomic E-state index is 0.273. The number of ether oxygens (including phenoxy) is 1. The average Bonchev–Trinajstić information content (AvgIpc) is 2.43. The van der Waals surface area contributed by atoms with Gasteiger partial charge in [0.1, 0.15) is 5.82 Å². The Morgan fingerprint density at radius 1 is 1.42 bits per heavy atom. The topological polar surface area (TPSA) is 38.5 Å². The zero-order valence-corrected chi connectivity index (χ0v) is 11.6. The molecule has 0 aromatic heterocycles. The van der Waals surface area contributed by atoms with Crippen molar-refractivity contribution in [2.24, 2.45) is 5.73 Å². The smallest absolute Gasteiger partial charge is 0.124 e. The number of nitrogens with zero attached hydrogens (tertiary/aromatic N) is 1. The number of likely N-dealkylation sites (N-methyl/N-ethyl adjacent to an activating group) is 1. The van der Waals surface area contributed by atoms with E-state index < -0.39 is 0 Å². The highest BCUT2D eigenvalue weighted by atomic mass is 19.1. The molecule has 1 aromatic carbocycles. The summed E-state index contributed by atoms with van der Waals surface area (Å²) in [6.45, 7) is 5.52. The Balaban J connectivity index is 2.86. The second-order valence-corrected chi connectivity index (χ2v) is 4.17. The van der Waals surface area contributed by atoms with Crippen LogP contribution < -0.4 is 5.73 Å². The molecule has 1 aromatic rings. The lowest BCUT2D eigenvalue weighted by atomic mass is 10.1. The number of methoxy groups -OCH3 is 1. The van der Waals surface area contributed by atoms with Crippen LogP contribution in [0.4, 0.5) is 4.39 Å². The van der Waals surface area contributed by atoms with E-state index in [4.69, 9.17) is 10.5 Å². The molecule has 0 atom stereocenters. The maximum Gasteiger partial charge on any atom is 0.124 e. The standard InChI is InChI=1S/C15H21FN2O/c1-3-18(9-10-19-2)12-14-6-7-15(16)11-13(14)5-4-8-17/h6-7,11H,3,8-10,12,17H2,1-2H3. The van der Waals surface area contributed by atoms with Crippen molar-refractivity contribution >= 4 is 0 Å². The summed E-state index contributed by atoms with van der Waals surface area (Å²) in [5, 5.41) is 0. The molecule has 104 valence electrons. The monoisotopic (exact) mass is 264 g/mol. The van der Waals surface area contributed by atoms with Crippen molar-refractivity contribution in [2.45, 2.75) is 13.5 Å². The zero-order valence-electron chi connectivity index (χ0n) is 11.6. The van der Waals surface area contributed by atoms with Crippen LogP contribution in [0.25, 0.3) is 0 Å². The van der Waals surface area contributed by atoms with Crippen LogP contribution in [0.2, 0.25) is 0 Å². The molecule has 0 aliphatic heterocycles. The van der Waals surface area contributed by atoms with Crippen LogP contribution in [0.1, 0.15) is 18.1 Å². The minimum Gasteiger partial charge on any atom is -0.383 e. The molecule has 0 aliphatic rings. The van der Waals surface area contributed by atoms with Crippen LogP contribution in [-0.4, -0.2) is 38.3 Å². The molecule has 0 bridgehead atoms. The largest absolute Gasteiger partial charge is 0.383 e. The Morgan fingerprint density at radius 2 is 2.21 bits per heavy atom. The van der Waals surface area contributed by atoms with Gasteiger partial charge in [-0.25, -0.2) is 4.39 Å². The minimum atomic E-state index is -0.273. The van der Waals surface area contributed by atoms with E-state index in [1.165, 1.54) is 12.1 Å². The summed E-state index contributed by atoms with van der Waals surface area (Å²) < 4.78 is 18.3. The predicted molar refractivity (Wildman–Crippen MR) is 75.2 cm³/mol. The maximum atomic E-state index is 13.3. The fraction of sp³-hybridized carbons (Fsp3) is 0.467. The van der Waals surface area contributed by atoms with Gasteiger partial charge < -0.3 is 10.5 Å². The highest BCUT2D eigenvalue weighted by Crippen LogP contribution is 2.13. The Hall–Kier alpha value is -1.41. The van der Waals surface area contributed by atoms with Gasteiger partial charge in [0.15, 0.2) is 0 Å². The predicted octanol–water partition coefficient (Wildman–Crippen LogP) is 1.60. The van der Waals surface area contributed by atoms with Gasteiger partial charge in [-0.15, -0.1) is 0 Å². The summed E-state index contributed by atoms with van der Waals surface area (Å²) in [5.41, 5.74) is 7.09. The fourth-order valence-corrected chi connectivity index (χ4v) is 1.76. The molecular formula is C15H21FN2O. The van der Waals surface area contributed by atoms with E-state index >= 15 is 0 Å². The summed E-state index contributed by atoms with van der Waals surface area (Å²) in [6.07, 6.45) is 0. The van der Waals surface area contributed by atoms with E-state index in [9.17, 15) is 4.39 Å². The Bertz CT molecular complexity index is 451. The van der Waals surface area contributed by atoms with E-state index in [2.05, 4.69) is 23.7 Å². The van der Waals surface area contributed by atoms with E-state index in [-0.39, 0.29) is 12.4 Å². The first-order valence-electron chi connectivity index (χ1n) is 6.40. The SMILES string of the molecule is CCN(CCOC)Cc1ccc(F)cc1C#CCN. The van der Waals surface area contributed by atoms with Gasteiger partial charge >= 0.3 is 0 Å². The lowest BCUT2D eigenvalue weighted by Gasteiger charge is -2.20.